The molecular weight excluding hydrogens is 368 g/mol. The third kappa shape index (κ3) is 6.00. The third-order valence-electron chi connectivity index (χ3n) is 4.29. The van der Waals surface area contributed by atoms with Crippen LogP contribution >= 0.6 is 0 Å². The van der Waals surface area contributed by atoms with Gasteiger partial charge in [-0.2, -0.15) is 5.10 Å². The number of rotatable bonds is 9. The van der Waals surface area contributed by atoms with E-state index in [0.717, 1.165) is 24.2 Å². The molecule has 1 aromatic heterocycles. The molecule has 2 aromatic carbocycles. The van der Waals surface area contributed by atoms with Crippen molar-refractivity contribution in [2.24, 2.45) is 5.10 Å². The minimum atomic E-state index is -0.286. The van der Waals surface area contributed by atoms with Crippen LogP contribution in [0.25, 0.3) is 11.0 Å². The first-order valence-electron chi connectivity index (χ1n) is 9.68. The number of H-pyrrole nitrogens is 1. The van der Waals surface area contributed by atoms with Crippen LogP contribution in [0.15, 0.2) is 58.4 Å². The summed E-state index contributed by atoms with van der Waals surface area (Å²) < 4.78 is 5.66. The number of aromatic nitrogens is 2. The fourth-order valence-corrected chi connectivity index (χ4v) is 2.72. The fraction of sp³-hybridized carbons (Fsp3) is 0.273. The number of para-hydroxylation sites is 2. The molecule has 3 rings (SSSR count). The second-order valence-corrected chi connectivity index (χ2v) is 6.60. The number of hydrazone groups is 1. The standard InChI is InChI=1S/C22H24N4O3/c1-2-3-13-29-17-8-6-7-16(14-17)15-23-26-21(27)12-11-20-22(28)25-19-10-5-4-9-18(19)24-20/h4-10,14-15H,2-3,11-13H2,1H3,(H,25,28)(H,26,27)/b23-15-. The van der Waals surface area contributed by atoms with Crippen molar-refractivity contribution in [3.8, 4) is 5.75 Å². The number of fused-ring (bicyclic) bond motifs is 1. The smallest absolute Gasteiger partial charge is 0.270 e. The van der Waals surface area contributed by atoms with E-state index in [2.05, 4.69) is 27.4 Å². The molecule has 0 aliphatic carbocycles. The first-order valence-corrected chi connectivity index (χ1v) is 9.68. The van der Waals surface area contributed by atoms with Crippen LogP contribution in [-0.2, 0) is 11.2 Å². The number of carbonyl (C=O) groups excluding carboxylic acids is 1. The summed E-state index contributed by atoms with van der Waals surface area (Å²) in [5, 5.41) is 3.98. The van der Waals surface area contributed by atoms with Crippen LogP contribution in [0.2, 0.25) is 0 Å². The summed E-state index contributed by atoms with van der Waals surface area (Å²) in [7, 11) is 0. The third-order valence-corrected chi connectivity index (χ3v) is 4.29. The van der Waals surface area contributed by atoms with E-state index in [-0.39, 0.29) is 24.3 Å². The van der Waals surface area contributed by atoms with Crippen molar-refractivity contribution in [3.05, 3.63) is 70.1 Å². The van der Waals surface area contributed by atoms with E-state index in [9.17, 15) is 9.59 Å². The zero-order valence-electron chi connectivity index (χ0n) is 16.4. The van der Waals surface area contributed by atoms with Gasteiger partial charge in [-0.25, -0.2) is 10.4 Å². The Balaban J connectivity index is 1.52. The van der Waals surface area contributed by atoms with E-state index in [0.29, 0.717) is 23.3 Å². The highest BCUT2D eigenvalue weighted by atomic mass is 16.5. The van der Waals surface area contributed by atoms with Gasteiger partial charge in [0.25, 0.3) is 5.56 Å². The van der Waals surface area contributed by atoms with Gasteiger partial charge in [-0.15, -0.1) is 0 Å². The minimum Gasteiger partial charge on any atom is -0.494 e. The van der Waals surface area contributed by atoms with E-state index in [1.807, 2.05) is 42.5 Å². The summed E-state index contributed by atoms with van der Waals surface area (Å²) in [5.41, 5.74) is 4.73. The Bertz CT molecular complexity index is 1060. The van der Waals surface area contributed by atoms with E-state index >= 15 is 0 Å². The molecule has 0 atom stereocenters. The number of nitrogens with one attached hydrogen (secondary N) is 2. The van der Waals surface area contributed by atoms with Crippen molar-refractivity contribution in [2.75, 3.05) is 6.61 Å². The maximum Gasteiger partial charge on any atom is 0.270 e. The zero-order valence-corrected chi connectivity index (χ0v) is 16.4. The van der Waals surface area contributed by atoms with Crippen LogP contribution in [0.4, 0.5) is 0 Å². The maximum atomic E-state index is 12.1. The van der Waals surface area contributed by atoms with Crippen LogP contribution in [0.3, 0.4) is 0 Å². The summed E-state index contributed by atoms with van der Waals surface area (Å²) in [4.78, 5) is 31.2. The van der Waals surface area contributed by atoms with Crippen molar-refractivity contribution in [3.63, 3.8) is 0 Å². The van der Waals surface area contributed by atoms with Gasteiger partial charge in [-0.1, -0.05) is 37.6 Å². The average Bonchev–Trinajstić information content (AvgIpc) is 2.73. The zero-order chi connectivity index (χ0) is 20.5. The summed E-state index contributed by atoms with van der Waals surface area (Å²) in [6.45, 7) is 2.79. The van der Waals surface area contributed by atoms with Gasteiger partial charge in [0.2, 0.25) is 5.91 Å². The molecule has 1 heterocycles. The maximum absolute atomic E-state index is 12.1. The average molecular weight is 392 g/mol. The second kappa shape index (κ2) is 10.2. The number of unbranched alkanes of at least 4 members (excludes halogenated alkanes) is 1. The molecular formula is C22H24N4O3. The summed E-state index contributed by atoms with van der Waals surface area (Å²) >= 11 is 0. The largest absolute Gasteiger partial charge is 0.494 e. The second-order valence-electron chi connectivity index (χ2n) is 6.60. The number of ether oxygens (including phenoxy) is 1. The Morgan fingerprint density at radius 2 is 2.10 bits per heavy atom. The first kappa shape index (κ1) is 20.3. The Kier molecular flexibility index (Phi) is 7.10. The molecule has 7 nitrogen and oxygen atoms in total. The molecule has 0 aliphatic rings. The molecule has 0 spiro atoms. The van der Waals surface area contributed by atoms with Crippen molar-refractivity contribution in [1.82, 2.24) is 15.4 Å². The fourth-order valence-electron chi connectivity index (χ4n) is 2.72. The molecule has 0 bridgehead atoms. The van der Waals surface area contributed by atoms with Crippen molar-refractivity contribution >= 4 is 23.2 Å². The topological polar surface area (TPSA) is 96.4 Å². The first-order chi connectivity index (χ1) is 14.2. The van der Waals surface area contributed by atoms with E-state index in [1.54, 1.807) is 12.3 Å². The number of benzene rings is 2. The normalized spacial score (nSPS) is 11.1. The molecule has 150 valence electrons. The molecule has 29 heavy (non-hydrogen) atoms. The summed E-state index contributed by atoms with van der Waals surface area (Å²) in [5.74, 6) is 0.487. The minimum absolute atomic E-state index is 0.117. The van der Waals surface area contributed by atoms with Crippen LogP contribution < -0.4 is 15.7 Å². The van der Waals surface area contributed by atoms with Gasteiger partial charge in [0.15, 0.2) is 0 Å². The Morgan fingerprint density at radius 1 is 1.24 bits per heavy atom. The number of carbonyl (C=O) groups is 1. The van der Waals surface area contributed by atoms with Crippen LogP contribution in [-0.4, -0.2) is 28.7 Å². The molecule has 0 saturated carbocycles. The van der Waals surface area contributed by atoms with Gasteiger partial charge in [0.1, 0.15) is 11.4 Å². The lowest BCUT2D eigenvalue weighted by Gasteiger charge is -2.05. The predicted molar refractivity (Wildman–Crippen MR) is 113 cm³/mol. The highest BCUT2D eigenvalue weighted by Gasteiger charge is 2.07. The summed E-state index contributed by atoms with van der Waals surface area (Å²) in [6.07, 6.45) is 4.00. The molecule has 7 heteroatoms. The number of amides is 1. The molecule has 3 aromatic rings. The van der Waals surface area contributed by atoms with Crippen LogP contribution in [0.5, 0.6) is 5.75 Å². The van der Waals surface area contributed by atoms with Crippen molar-refractivity contribution < 1.29 is 9.53 Å². The Hall–Kier alpha value is -3.48. The lowest BCUT2D eigenvalue weighted by molar-refractivity contribution is -0.121. The number of nitrogens with zero attached hydrogens (tertiary/aromatic N) is 2. The van der Waals surface area contributed by atoms with E-state index < -0.39 is 0 Å². The van der Waals surface area contributed by atoms with Gasteiger partial charge in [-0.3, -0.25) is 9.59 Å². The highest BCUT2D eigenvalue weighted by Crippen LogP contribution is 2.12. The molecule has 0 fully saturated rings. The lowest BCUT2D eigenvalue weighted by Crippen LogP contribution is -2.21. The van der Waals surface area contributed by atoms with Crippen LogP contribution in [0.1, 0.15) is 37.4 Å². The van der Waals surface area contributed by atoms with E-state index in [1.165, 1.54) is 0 Å². The highest BCUT2D eigenvalue weighted by molar-refractivity contribution is 5.83. The quantitative estimate of drug-likeness (QED) is 0.332. The molecule has 0 saturated heterocycles. The van der Waals surface area contributed by atoms with Crippen molar-refractivity contribution in [2.45, 2.75) is 32.6 Å². The molecule has 2 N–H and O–H groups in total. The monoisotopic (exact) mass is 392 g/mol. The number of aromatic amines is 1. The molecule has 0 unspecified atom stereocenters. The predicted octanol–water partition coefficient (Wildman–Crippen LogP) is 3.18. The lowest BCUT2D eigenvalue weighted by atomic mass is 10.2. The van der Waals surface area contributed by atoms with Crippen LogP contribution in [0, 0.1) is 0 Å². The van der Waals surface area contributed by atoms with Gasteiger partial charge in [-0.05, 0) is 36.2 Å². The Labute approximate surface area is 168 Å². The number of hydrogen-bond donors (Lipinski definition) is 2. The van der Waals surface area contributed by atoms with Gasteiger partial charge < -0.3 is 9.72 Å². The van der Waals surface area contributed by atoms with E-state index in [4.69, 9.17) is 4.74 Å². The number of aryl methyl sites for hydroxylation is 1. The van der Waals surface area contributed by atoms with Crippen molar-refractivity contribution in [1.29, 1.82) is 0 Å². The molecule has 0 radical (unpaired) electrons. The van der Waals surface area contributed by atoms with Gasteiger partial charge in [0.05, 0.1) is 23.9 Å². The Morgan fingerprint density at radius 3 is 2.97 bits per heavy atom. The van der Waals surface area contributed by atoms with Gasteiger partial charge >= 0.3 is 0 Å². The van der Waals surface area contributed by atoms with Gasteiger partial charge in [0, 0.05) is 12.8 Å². The SMILES string of the molecule is CCCCOc1cccc(/C=N\NC(=O)CCc2nc3ccccc3[nH]c2=O)c1. The number of hydrogen-bond acceptors (Lipinski definition) is 5. The molecule has 1 amide bonds. The molecule has 0 aliphatic heterocycles. The summed E-state index contributed by atoms with van der Waals surface area (Å²) in [6, 6.07) is 14.8.